The molecule has 1 aliphatic rings. The summed E-state index contributed by atoms with van der Waals surface area (Å²) in [5.74, 6) is 0.00970. The molecule has 0 saturated carbocycles. The zero-order chi connectivity index (χ0) is 19.9. The van der Waals surface area contributed by atoms with Crippen LogP contribution in [0, 0.1) is 0 Å². The minimum absolute atomic E-state index is 0.291. The van der Waals surface area contributed by atoms with Crippen LogP contribution in [-0.4, -0.2) is 41.0 Å². The summed E-state index contributed by atoms with van der Waals surface area (Å²) >= 11 is 0. The standard InChI is InChI=1S/C21H26N4O3/c1-3-18-7-5-6-12-25(18)21-22-13-16(14-23-21)19(26)24-17-10-8-15(9-11-17)20(27)28-4-2/h8-11,13-14,18H,3-7,12H2,1-2H3,(H,24,26). The number of aromatic nitrogens is 2. The smallest absolute Gasteiger partial charge is 0.338 e. The van der Waals surface area contributed by atoms with Crippen molar-refractivity contribution >= 4 is 23.5 Å². The van der Waals surface area contributed by atoms with E-state index in [2.05, 4.69) is 27.1 Å². The summed E-state index contributed by atoms with van der Waals surface area (Å²) in [6.07, 6.45) is 7.73. The van der Waals surface area contributed by atoms with Crippen LogP contribution in [-0.2, 0) is 4.74 Å². The number of rotatable bonds is 6. The number of carbonyl (C=O) groups is 2. The number of hydrogen-bond acceptors (Lipinski definition) is 6. The first-order valence-corrected chi connectivity index (χ1v) is 9.79. The minimum Gasteiger partial charge on any atom is -0.462 e. The second kappa shape index (κ2) is 9.30. The van der Waals surface area contributed by atoms with Crippen LogP contribution in [0.1, 0.15) is 60.2 Å². The van der Waals surface area contributed by atoms with Gasteiger partial charge in [0.05, 0.1) is 17.7 Å². The Hall–Kier alpha value is -2.96. The second-order valence-corrected chi connectivity index (χ2v) is 6.77. The lowest BCUT2D eigenvalue weighted by molar-refractivity contribution is 0.0526. The van der Waals surface area contributed by atoms with E-state index in [9.17, 15) is 9.59 Å². The first-order chi connectivity index (χ1) is 13.6. The van der Waals surface area contributed by atoms with E-state index in [-0.39, 0.29) is 11.9 Å². The van der Waals surface area contributed by atoms with Gasteiger partial charge in [0.15, 0.2) is 0 Å². The van der Waals surface area contributed by atoms with Crippen LogP contribution in [0.2, 0.25) is 0 Å². The molecule has 7 heteroatoms. The number of hydrogen-bond donors (Lipinski definition) is 1. The van der Waals surface area contributed by atoms with Crippen LogP contribution in [0.4, 0.5) is 11.6 Å². The van der Waals surface area contributed by atoms with Gasteiger partial charge in [0.1, 0.15) is 0 Å². The molecule has 0 bridgehead atoms. The van der Waals surface area contributed by atoms with Crippen molar-refractivity contribution in [2.45, 2.75) is 45.6 Å². The molecule has 148 valence electrons. The first kappa shape index (κ1) is 19.8. The summed E-state index contributed by atoms with van der Waals surface area (Å²) in [4.78, 5) is 35.2. The molecule has 1 atom stereocenters. The third kappa shape index (κ3) is 4.65. The highest BCUT2D eigenvalue weighted by Gasteiger charge is 2.23. The van der Waals surface area contributed by atoms with Crippen molar-refractivity contribution in [1.29, 1.82) is 0 Å². The molecule has 1 aliphatic heterocycles. The number of carbonyl (C=O) groups excluding carboxylic acids is 2. The van der Waals surface area contributed by atoms with Crippen LogP contribution in [0.25, 0.3) is 0 Å². The summed E-state index contributed by atoms with van der Waals surface area (Å²) in [6, 6.07) is 7.03. The summed E-state index contributed by atoms with van der Waals surface area (Å²) in [5, 5.41) is 2.79. The zero-order valence-electron chi connectivity index (χ0n) is 16.4. The number of nitrogens with one attached hydrogen (secondary N) is 1. The third-order valence-corrected chi connectivity index (χ3v) is 4.91. The summed E-state index contributed by atoms with van der Waals surface area (Å²) < 4.78 is 4.95. The summed E-state index contributed by atoms with van der Waals surface area (Å²) in [5.41, 5.74) is 1.42. The predicted molar refractivity (Wildman–Crippen MR) is 108 cm³/mol. The van der Waals surface area contributed by atoms with Crippen molar-refractivity contribution < 1.29 is 14.3 Å². The lowest BCUT2D eigenvalue weighted by Gasteiger charge is -2.35. The van der Waals surface area contributed by atoms with Crippen LogP contribution in [0.3, 0.4) is 0 Å². The summed E-state index contributed by atoms with van der Waals surface area (Å²) in [7, 11) is 0. The molecule has 0 aliphatic carbocycles. The number of nitrogens with zero attached hydrogens (tertiary/aromatic N) is 3. The molecule has 1 amide bonds. The fraction of sp³-hybridized carbons (Fsp3) is 0.429. The highest BCUT2D eigenvalue weighted by molar-refractivity contribution is 6.04. The molecule has 0 radical (unpaired) electrons. The average Bonchev–Trinajstić information content (AvgIpc) is 2.74. The van der Waals surface area contributed by atoms with E-state index in [1.165, 1.54) is 6.42 Å². The maximum atomic E-state index is 12.4. The van der Waals surface area contributed by atoms with Gasteiger partial charge in [0, 0.05) is 30.7 Å². The van der Waals surface area contributed by atoms with Gasteiger partial charge in [-0.05, 0) is 56.9 Å². The molecule has 1 fully saturated rings. The number of benzene rings is 1. The molecular weight excluding hydrogens is 356 g/mol. The fourth-order valence-electron chi connectivity index (χ4n) is 3.38. The van der Waals surface area contributed by atoms with Crippen molar-refractivity contribution in [2.75, 3.05) is 23.4 Å². The van der Waals surface area contributed by atoms with Crippen LogP contribution >= 0.6 is 0 Å². The van der Waals surface area contributed by atoms with E-state index in [1.54, 1.807) is 43.6 Å². The van der Waals surface area contributed by atoms with Gasteiger partial charge in [-0.15, -0.1) is 0 Å². The van der Waals surface area contributed by atoms with E-state index in [0.29, 0.717) is 35.4 Å². The molecule has 1 aromatic heterocycles. The Morgan fingerprint density at radius 2 is 1.82 bits per heavy atom. The molecule has 1 aromatic carbocycles. The Kier molecular flexibility index (Phi) is 6.57. The lowest BCUT2D eigenvalue weighted by atomic mass is 10.0. The largest absolute Gasteiger partial charge is 0.462 e. The molecule has 7 nitrogen and oxygen atoms in total. The molecule has 1 unspecified atom stereocenters. The maximum absolute atomic E-state index is 12.4. The van der Waals surface area contributed by atoms with E-state index >= 15 is 0 Å². The zero-order valence-corrected chi connectivity index (χ0v) is 16.4. The Morgan fingerprint density at radius 1 is 1.11 bits per heavy atom. The monoisotopic (exact) mass is 382 g/mol. The summed E-state index contributed by atoms with van der Waals surface area (Å²) in [6.45, 7) is 5.21. The maximum Gasteiger partial charge on any atom is 0.338 e. The van der Waals surface area contributed by atoms with Crippen LogP contribution in [0.5, 0.6) is 0 Å². The van der Waals surface area contributed by atoms with E-state index < -0.39 is 0 Å². The van der Waals surface area contributed by atoms with Gasteiger partial charge in [0.2, 0.25) is 5.95 Å². The molecule has 3 rings (SSSR count). The highest BCUT2D eigenvalue weighted by atomic mass is 16.5. The predicted octanol–water partition coefficient (Wildman–Crippen LogP) is 3.67. The quantitative estimate of drug-likeness (QED) is 0.767. The third-order valence-electron chi connectivity index (χ3n) is 4.91. The van der Waals surface area contributed by atoms with Gasteiger partial charge in [-0.1, -0.05) is 6.92 Å². The normalized spacial score (nSPS) is 16.5. The van der Waals surface area contributed by atoms with Crippen molar-refractivity contribution in [2.24, 2.45) is 0 Å². The number of amides is 1. The van der Waals surface area contributed by atoms with E-state index in [0.717, 1.165) is 25.8 Å². The van der Waals surface area contributed by atoms with Crippen molar-refractivity contribution in [3.63, 3.8) is 0 Å². The van der Waals surface area contributed by atoms with Gasteiger partial charge in [-0.25, -0.2) is 14.8 Å². The topological polar surface area (TPSA) is 84.4 Å². The number of piperidine rings is 1. The molecular formula is C21H26N4O3. The van der Waals surface area contributed by atoms with Crippen LogP contribution in [0.15, 0.2) is 36.7 Å². The van der Waals surface area contributed by atoms with Gasteiger partial charge in [-0.3, -0.25) is 4.79 Å². The van der Waals surface area contributed by atoms with Crippen molar-refractivity contribution in [3.8, 4) is 0 Å². The number of anilines is 2. The van der Waals surface area contributed by atoms with Crippen molar-refractivity contribution in [3.05, 3.63) is 47.8 Å². The lowest BCUT2D eigenvalue weighted by Crippen LogP contribution is -2.40. The van der Waals surface area contributed by atoms with Gasteiger partial charge in [0.25, 0.3) is 5.91 Å². The molecule has 2 aromatic rings. The van der Waals surface area contributed by atoms with Gasteiger partial charge in [-0.2, -0.15) is 0 Å². The molecule has 2 heterocycles. The highest BCUT2D eigenvalue weighted by Crippen LogP contribution is 2.23. The van der Waals surface area contributed by atoms with Crippen LogP contribution < -0.4 is 10.2 Å². The fourth-order valence-corrected chi connectivity index (χ4v) is 3.38. The SMILES string of the molecule is CCOC(=O)c1ccc(NC(=O)c2cnc(N3CCCCC3CC)nc2)cc1. The first-order valence-electron chi connectivity index (χ1n) is 9.79. The molecule has 1 N–H and O–H groups in total. The van der Waals surface area contributed by atoms with Gasteiger partial charge < -0.3 is 15.0 Å². The Labute approximate surface area is 165 Å². The number of ether oxygens (including phenoxy) is 1. The van der Waals surface area contributed by atoms with Gasteiger partial charge >= 0.3 is 5.97 Å². The van der Waals surface area contributed by atoms with E-state index in [1.807, 2.05) is 0 Å². The molecule has 28 heavy (non-hydrogen) atoms. The Balaban J connectivity index is 1.64. The average molecular weight is 382 g/mol. The molecule has 1 saturated heterocycles. The Morgan fingerprint density at radius 3 is 2.46 bits per heavy atom. The number of esters is 1. The Bertz CT molecular complexity index is 805. The van der Waals surface area contributed by atoms with Crippen molar-refractivity contribution in [1.82, 2.24) is 9.97 Å². The van der Waals surface area contributed by atoms with E-state index in [4.69, 9.17) is 4.74 Å². The molecule has 0 spiro atoms. The second-order valence-electron chi connectivity index (χ2n) is 6.77. The minimum atomic E-state index is -0.382.